The number of thioether (sulfide) groups is 1. The lowest BCUT2D eigenvalue weighted by Gasteiger charge is -2.04. The highest BCUT2D eigenvalue weighted by Crippen LogP contribution is 2.21. The van der Waals surface area contributed by atoms with Crippen molar-refractivity contribution in [1.29, 1.82) is 0 Å². The summed E-state index contributed by atoms with van der Waals surface area (Å²) in [5.74, 6) is 1.46. The molecular weight excluding hydrogens is 400 g/mol. The predicted molar refractivity (Wildman–Crippen MR) is 106 cm³/mol. The van der Waals surface area contributed by atoms with E-state index >= 15 is 0 Å². The molecule has 0 aliphatic rings. The summed E-state index contributed by atoms with van der Waals surface area (Å²) >= 11 is 7.16. The van der Waals surface area contributed by atoms with Crippen LogP contribution in [-0.4, -0.2) is 19.6 Å². The normalized spacial score (nSPS) is 11.1. The quantitative estimate of drug-likeness (QED) is 0.442. The topological polar surface area (TPSA) is 82.5 Å². The van der Waals surface area contributed by atoms with Crippen LogP contribution in [0, 0.1) is 6.92 Å². The number of benzene rings is 1. The van der Waals surface area contributed by atoms with Crippen molar-refractivity contribution in [3.63, 3.8) is 0 Å². The van der Waals surface area contributed by atoms with Crippen LogP contribution in [0.1, 0.15) is 17.1 Å². The first-order valence-electron chi connectivity index (χ1n) is 8.39. The van der Waals surface area contributed by atoms with Gasteiger partial charge in [0.25, 0.3) is 16.7 Å². The molecule has 0 aliphatic carbocycles. The zero-order valence-electron chi connectivity index (χ0n) is 14.8. The minimum absolute atomic E-state index is 0.119. The van der Waals surface area contributed by atoms with Gasteiger partial charge in [0.05, 0.1) is 5.69 Å². The Morgan fingerprint density at radius 1 is 1.18 bits per heavy atom. The molecule has 28 heavy (non-hydrogen) atoms. The molecule has 0 spiro atoms. The number of ether oxygens (including phenoxy) is 1. The Morgan fingerprint density at radius 3 is 2.82 bits per heavy atom. The third kappa shape index (κ3) is 4.35. The van der Waals surface area contributed by atoms with Crippen LogP contribution >= 0.6 is 23.4 Å². The Labute approximate surface area is 169 Å². The molecule has 0 N–H and O–H groups in total. The fourth-order valence-electron chi connectivity index (χ4n) is 2.50. The van der Waals surface area contributed by atoms with Gasteiger partial charge >= 0.3 is 0 Å². The van der Waals surface area contributed by atoms with Crippen LogP contribution in [0.15, 0.2) is 63.1 Å². The van der Waals surface area contributed by atoms with Gasteiger partial charge in [0.2, 0.25) is 0 Å². The SMILES string of the molecule is Cc1ccc2nc(CSc3nnc(COc4ccc(Cl)cc4)o3)cc(=O)n2c1. The Kier molecular flexibility index (Phi) is 5.31. The van der Waals surface area contributed by atoms with Crippen LogP contribution in [-0.2, 0) is 12.4 Å². The third-order valence-electron chi connectivity index (χ3n) is 3.83. The van der Waals surface area contributed by atoms with E-state index in [-0.39, 0.29) is 12.2 Å². The van der Waals surface area contributed by atoms with Gasteiger partial charge in [-0.25, -0.2) is 4.98 Å². The maximum atomic E-state index is 12.2. The Balaban J connectivity index is 1.39. The molecule has 0 bridgehead atoms. The van der Waals surface area contributed by atoms with Crippen molar-refractivity contribution in [2.75, 3.05) is 0 Å². The zero-order chi connectivity index (χ0) is 19.5. The molecule has 0 unspecified atom stereocenters. The van der Waals surface area contributed by atoms with Gasteiger partial charge in [-0.2, -0.15) is 0 Å². The van der Waals surface area contributed by atoms with Gasteiger partial charge in [0, 0.05) is 23.0 Å². The molecule has 0 radical (unpaired) electrons. The fourth-order valence-corrected chi connectivity index (χ4v) is 3.30. The minimum Gasteiger partial charge on any atom is -0.484 e. The number of fused-ring (bicyclic) bond motifs is 1. The Bertz CT molecular complexity index is 1170. The van der Waals surface area contributed by atoms with Gasteiger partial charge in [-0.05, 0) is 42.8 Å². The number of aryl methyl sites for hydroxylation is 1. The zero-order valence-corrected chi connectivity index (χ0v) is 16.4. The molecule has 0 atom stereocenters. The van der Waals surface area contributed by atoms with Crippen LogP contribution < -0.4 is 10.3 Å². The summed E-state index contributed by atoms with van der Waals surface area (Å²) in [5.41, 5.74) is 2.14. The summed E-state index contributed by atoms with van der Waals surface area (Å²) in [6.45, 7) is 2.09. The second kappa shape index (κ2) is 8.04. The van der Waals surface area contributed by atoms with Gasteiger partial charge in [-0.15, -0.1) is 10.2 Å². The molecular formula is C19H15ClN4O3S. The molecule has 3 heterocycles. The summed E-state index contributed by atoms with van der Waals surface area (Å²) < 4.78 is 12.7. The second-order valence-corrected chi connectivity index (χ2v) is 7.38. The summed E-state index contributed by atoms with van der Waals surface area (Å²) in [6, 6.07) is 12.3. The van der Waals surface area contributed by atoms with E-state index in [4.69, 9.17) is 20.8 Å². The van der Waals surface area contributed by atoms with Crippen molar-refractivity contribution in [2.24, 2.45) is 0 Å². The number of rotatable bonds is 6. The largest absolute Gasteiger partial charge is 0.484 e. The molecule has 142 valence electrons. The fraction of sp³-hybridized carbons (Fsp3) is 0.158. The molecule has 3 aromatic heterocycles. The first-order valence-corrected chi connectivity index (χ1v) is 9.76. The second-order valence-electron chi connectivity index (χ2n) is 6.01. The van der Waals surface area contributed by atoms with Crippen molar-refractivity contribution in [3.05, 3.63) is 81.2 Å². The number of halogens is 1. The van der Waals surface area contributed by atoms with Gasteiger partial charge in [-0.1, -0.05) is 29.4 Å². The maximum absolute atomic E-state index is 12.2. The molecule has 0 amide bonds. The smallest absolute Gasteiger partial charge is 0.277 e. The first kappa shape index (κ1) is 18.5. The van der Waals surface area contributed by atoms with E-state index in [0.29, 0.717) is 39.0 Å². The highest BCUT2D eigenvalue weighted by Gasteiger charge is 2.10. The molecule has 0 fully saturated rings. The van der Waals surface area contributed by atoms with E-state index in [0.717, 1.165) is 5.56 Å². The molecule has 9 heteroatoms. The van der Waals surface area contributed by atoms with Crippen molar-refractivity contribution >= 4 is 29.0 Å². The highest BCUT2D eigenvalue weighted by molar-refractivity contribution is 7.98. The number of pyridine rings is 1. The van der Waals surface area contributed by atoms with E-state index in [9.17, 15) is 4.79 Å². The Morgan fingerprint density at radius 2 is 2.00 bits per heavy atom. The number of nitrogens with zero attached hydrogens (tertiary/aromatic N) is 4. The van der Waals surface area contributed by atoms with Crippen molar-refractivity contribution in [1.82, 2.24) is 19.6 Å². The molecule has 0 aliphatic heterocycles. The van der Waals surface area contributed by atoms with Gasteiger partial charge in [0.15, 0.2) is 6.61 Å². The summed E-state index contributed by atoms with van der Waals surface area (Å²) in [5, 5.41) is 8.98. The minimum atomic E-state index is -0.119. The molecule has 0 saturated carbocycles. The Hall–Kier alpha value is -2.84. The number of hydrogen-bond donors (Lipinski definition) is 0. The van der Waals surface area contributed by atoms with Crippen LogP contribution in [0.25, 0.3) is 5.65 Å². The average Bonchev–Trinajstić information content (AvgIpc) is 3.14. The third-order valence-corrected chi connectivity index (χ3v) is 4.93. The monoisotopic (exact) mass is 414 g/mol. The van der Waals surface area contributed by atoms with Crippen LogP contribution in [0.2, 0.25) is 5.02 Å². The lowest BCUT2D eigenvalue weighted by molar-refractivity contribution is 0.252. The average molecular weight is 415 g/mol. The summed E-state index contributed by atoms with van der Waals surface area (Å²) in [6.07, 6.45) is 1.77. The molecule has 7 nitrogen and oxygen atoms in total. The van der Waals surface area contributed by atoms with Gasteiger partial charge < -0.3 is 9.15 Å². The number of hydrogen-bond acceptors (Lipinski definition) is 7. The van der Waals surface area contributed by atoms with E-state index in [1.54, 1.807) is 30.5 Å². The van der Waals surface area contributed by atoms with Crippen molar-refractivity contribution < 1.29 is 9.15 Å². The standard InChI is InChI=1S/C19H15ClN4O3S/c1-12-2-7-16-21-14(8-18(25)24(16)9-12)11-28-19-23-22-17(27-19)10-26-15-5-3-13(20)4-6-15/h2-9H,10-11H2,1H3. The van der Waals surface area contributed by atoms with E-state index in [1.807, 2.05) is 19.1 Å². The van der Waals surface area contributed by atoms with E-state index in [1.165, 1.54) is 22.2 Å². The summed E-state index contributed by atoms with van der Waals surface area (Å²) in [7, 11) is 0. The van der Waals surface area contributed by atoms with Crippen LogP contribution in [0.3, 0.4) is 0 Å². The number of aromatic nitrogens is 4. The first-order chi connectivity index (χ1) is 13.6. The molecule has 4 aromatic rings. The molecule has 4 rings (SSSR count). The highest BCUT2D eigenvalue weighted by atomic mass is 35.5. The lowest BCUT2D eigenvalue weighted by atomic mass is 10.3. The lowest BCUT2D eigenvalue weighted by Crippen LogP contribution is -2.15. The molecule has 1 aromatic carbocycles. The summed E-state index contributed by atoms with van der Waals surface area (Å²) in [4.78, 5) is 16.7. The molecule has 0 saturated heterocycles. The van der Waals surface area contributed by atoms with Gasteiger partial charge in [0.1, 0.15) is 11.4 Å². The maximum Gasteiger partial charge on any atom is 0.277 e. The van der Waals surface area contributed by atoms with Crippen molar-refractivity contribution in [2.45, 2.75) is 24.5 Å². The van der Waals surface area contributed by atoms with E-state index in [2.05, 4.69) is 15.2 Å². The van der Waals surface area contributed by atoms with Gasteiger partial charge in [-0.3, -0.25) is 9.20 Å². The van der Waals surface area contributed by atoms with E-state index < -0.39 is 0 Å². The van der Waals surface area contributed by atoms with Crippen molar-refractivity contribution in [3.8, 4) is 5.75 Å². The van der Waals surface area contributed by atoms with Crippen LogP contribution in [0.5, 0.6) is 5.75 Å². The van der Waals surface area contributed by atoms with Crippen LogP contribution in [0.4, 0.5) is 0 Å². The predicted octanol–water partition coefficient (Wildman–Crippen LogP) is 3.91.